The number of nitrogens with zero attached hydrogens (tertiary/aromatic N) is 2. The van der Waals surface area contributed by atoms with E-state index in [-0.39, 0.29) is 0 Å². The van der Waals surface area contributed by atoms with Gasteiger partial charge in [0.2, 0.25) is 0 Å². The molecule has 0 bridgehead atoms. The van der Waals surface area contributed by atoms with Crippen molar-refractivity contribution in [3.63, 3.8) is 0 Å². The maximum atomic E-state index is 6.33. The molecule has 1 aromatic carbocycles. The summed E-state index contributed by atoms with van der Waals surface area (Å²) in [6, 6.07) is 4.37. The molecule has 2 aromatic rings. The van der Waals surface area contributed by atoms with E-state index in [0.717, 1.165) is 27.7 Å². The first kappa shape index (κ1) is 14.1. The molecule has 20 heavy (non-hydrogen) atoms. The van der Waals surface area contributed by atoms with Crippen molar-refractivity contribution in [2.75, 3.05) is 5.32 Å². The van der Waals surface area contributed by atoms with Crippen LogP contribution in [0, 0.1) is 5.92 Å². The third-order valence-corrected chi connectivity index (χ3v) is 5.13. The minimum absolute atomic E-state index is 0.521. The van der Waals surface area contributed by atoms with Crippen molar-refractivity contribution in [2.24, 2.45) is 5.92 Å². The Morgan fingerprint density at radius 2 is 2.05 bits per heavy atom. The van der Waals surface area contributed by atoms with Crippen LogP contribution < -0.4 is 5.32 Å². The van der Waals surface area contributed by atoms with Gasteiger partial charge in [0.15, 0.2) is 0 Å². The summed E-state index contributed by atoms with van der Waals surface area (Å²) in [5.41, 5.74) is 2.82. The number of benzene rings is 1. The third-order valence-electron chi connectivity index (χ3n) is 4.27. The molecule has 1 aromatic heterocycles. The van der Waals surface area contributed by atoms with Gasteiger partial charge in [-0.2, -0.15) is 8.75 Å². The van der Waals surface area contributed by atoms with Crippen LogP contribution in [-0.4, -0.2) is 14.8 Å². The predicted octanol–water partition coefficient (Wildman–Crippen LogP) is 5.12. The molecule has 5 heteroatoms. The summed E-state index contributed by atoms with van der Waals surface area (Å²) in [7, 11) is 0. The zero-order valence-electron chi connectivity index (χ0n) is 11.7. The van der Waals surface area contributed by atoms with Gasteiger partial charge < -0.3 is 5.32 Å². The molecule has 1 aliphatic carbocycles. The van der Waals surface area contributed by atoms with Gasteiger partial charge in [-0.25, -0.2) is 0 Å². The molecule has 3 nitrogen and oxygen atoms in total. The van der Waals surface area contributed by atoms with Crippen LogP contribution in [0.2, 0.25) is 5.02 Å². The minimum atomic E-state index is 0.521. The predicted molar refractivity (Wildman–Crippen MR) is 86.7 cm³/mol. The molecule has 1 heterocycles. The lowest BCUT2D eigenvalue weighted by atomic mass is 9.83. The molecular formula is C15H20ClN3S. The van der Waals surface area contributed by atoms with E-state index in [2.05, 4.69) is 21.0 Å². The molecule has 3 rings (SSSR count). The Kier molecular flexibility index (Phi) is 4.41. The Bertz CT molecular complexity index is 576. The van der Waals surface area contributed by atoms with Crippen LogP contribution in [0.5, 0.6) is 0 Å². The number of nitrogens with one attached hydrogen (secondary N) is 1. The molecule has 108 valence electrons. The van der Waals surface area contributed by atoms with Gasteiger partial charge in [-0.3, -0.25) is 0 Å². The summed E-state index contributed by atoms with van der Waals surface area (Å²) < 4.78 is 8.65. The monoisotopic (exact) mass is 309 g/mol. The quantitative estimate of drug-likeness (QED) is 0.852. The molecule has 0 atom stereocenters. The molecule has 0 unspecified atom stereocenters. The SMILES string of the molecule is CCCC1CCC(Nc2c(Cl)ccc3nsnc23)CC1. The Hall–Kier alpha value is -0.870. The van der Waals surface area contributed by atoms with Gasteiger partial charge in [0.25, 0.3) is 0 Å². The van der Waals surface area contributed by atoms with E-state index in [1.807, 2.05) is 12.1 Å². The van der Waals surface area contributed by atoms with Crippen LogP contribution in [0.25, 0.3) is 11.0 Å². The summed E-state index contributed by atoms with van der Waals surface area (Å²) in [6.45, 7) is 2.28. The number of halogens is 1. The number of aromatic nitrogens is 2. The van der Waals surface area contributed by atoms with Gasteiger partial charge in [0.1, 0.15) is 11.0 Å². The maximum absolute atomic E-state index is 6.33. The zero-order chi connectivity index (χ0) is 13.9. The summed E-state index contributed by atoms with van der Waals surface area (Å²) in [5, 5.41) is 4.36. The number of anilines is 1. The highest BCUT2D eigenvalue weighted by Crippen LogP contribution is 2.34. The van der Waals surface area contributed by atoms with Crippen molar-refractivity contribution in [2.45, 2.75) is 51.5 Å². The van der Waals surface area contributed by atoms with E-state index in [9.17, 15) is 0 Å². The van der Waals surface area contributed by atoms with E-state index in [4.69, 9.17) is 11.6 Å². The van der Waals surface area contributed by atoms with Crippen molar-refractivity contribution >= 4 is 40.0 Å². The van der Waals surface area contributed by atoms with Crippen molar-refractivity contribution in [3.8, 4) is 0 Å². The van der Waals surface area contributed by atoms with E-state index in [0.29, 0.717) is 6.04 Å². The fraction of sp³-hybridized carbons (Fsp3) is 0.600. The molecule has 0 aliphatic heterocycles. The van der Waals surface area contributed by atoms with Gasteiger partial charge in [0, 0.05) is 6.04 Å². The molecule has 1 N–H and O–H groups in total. The Balaban J connectivity index is 1.71. The van der Waals surface area contributed by atoms with Crippen LogP contribution in [-0.2, 0) is 0 Å². The topological polar surface area (TPSA) is 37.8 Å². The van der Waals surface area contributed by atoms with Crippen molar-refractivity contribution in [3.05, 3.63) is 17.2 Å². The maximum Gasteiger partial charge on any atom is 0.129 e. The summed E-state index contributed by atoms with van der Waals surface area (Å²) in [6.07, 6.45) is 7.80. The Morgan fingerprint density at radius 3 is 2.80 bits per heavy atom. The smallest absolute Gasteiger partial charge is 0.129 e. The molecule has 0 radical (unpaired) electrons. The lowest BCUT2D eigenvalue weighted by Crippen LogP contribution is -2.26. The Labute approximate surface area is 129 Å². The largest absolute Gasteiger partial charge is 0.379 e. The minimum Gasteiger partial charge on any atom is -0.379 e. The summed E-state index contributed by atoms with van der Waals surface area (Å²) >= 11 is 7.58. The van der Waals surface area contributed by atoms with Crippen molar-refractivity contribution in [1.82, 2.24) is 8.75 Å². The van der Waals surface area contributed by atoms with E-state index >= 15 is 0 Å². The van der Waals surface area contributed by atoms with Crippen molar-refractivity contribution in [1.29, 1.82) is 0 Å². The van der Waals surface area contributed by atoms with Crippen LogP contribution in [0.1, 0.15) is 45.4 Å². The van der Waals surface area contributed by atoms with E-state index < -0.39 is 0 Å². The number of rotatable bonds is 4. The van der Waals surface area contributed by atoms with Crippen LogP contribution in [0.4, 0.5) is 5.69 Å². The summed E-state index contributed by atoms with van der Waals surface area (Å²) in [5.74, 6) is 0.922. The van der Waals surface area contributed by atoms with E-state index in [1.165, 1.54) is 50.3 Å². The fourth-order valence-corrected chi connectivity index (χ4v) is 3.92. The summed E-state index contributed by atoms with van der Waals surface area (Å²) in [4.78, 5) is 0. The Morgan fingerprint density at radius 1 is 1.25 bits per heavy atom. The second kappa shape index (κ2) is 6.27. The van der Waals surface area contributed by atoms with Gasteiger partial charge in [-0.1, -0.05) is 31.4 Å². The van der Waals surface area contributed by atoms with Gasteiger partial charge in [0.05, 0.1) is 22.4 Å². The highest BCUT2D eigenvalue weighted by molar-refractivity contribution is 7.00. The average Bonchev–Trinajstić information content (AvgIpc) is 2.93. The van der Waals surface area contributed by atoms with Crippen LogP contribution in [0.3, 0.4) is 0 Å². The molecule has 1 aliphatic rings. The molecule has 0 amide bonds. The van der Waals surface area contributed by atoms with Crippen molar-refractivity contribution < 1.29 is 0 Å². The molecule has 0 saturated heterocycles. The van der Waals surface area contributed by atoms with Gasteiger partial charge in [-0.15, -0.1) is 0 Å². The first-order chi connectivity index (χ1) is 9.78. The van der Waals surface area contributed by atoms with E-state index in [1.54, 1.807) is 0 Å². The fourth-order valence-electron chi connectivity index (χ4n) is 3.17. The zero-order valence-corrected chi connectivity index (χ0v) is 13.3. The molecule has 1 fully saturated rings. The molecule has 0 spiro atoms. The van der Waals surface area contributed by atoms with Crippen LogP contribution in [0.15, 0.2) is 12.1 Å². The lowest BCUT2D eigenvalue weighted by molar-refractivity contribution is 0.319. The first-order valence-corrected chi connectivity index (χ1v) is 8.56. The molecule has 1 saturated carbocycles. The normalized spacial score (nSPS) is 23.1. The third kappa shape index (κ3) is 2.91. The second-order valence-electron chi connectivity index (χ2n) is 5.71. The molecular weight excluding hydrogens is 290 g/mol. The van der Waals surface area contributed by atoms with Gasteiger partial charge in [-0.05, 0) is 43.7 Å². The highest BCUT2D eigenvalue weighted by Gasteiger charge is 2.22. The first-order valence-electron chi connectivity index (χ1n) is 7.45. The van der Waals surface area contributed by atoms with Gasteiger partial charge >= 0.3 is 0 Å². The lowest BCUT2D eigenvalue weighted by Gasteiger charge is -2.29. The number of fused-ring (bicyclic) bond motifs is 1. The standard InChI is InChI=1S/C15H20ClN3S/c1-2-3-10-4-6-11(7-5-10)17-14-12(16)8-9-13-15(14)19-20-18-13/h8-11,17H,2-7H2,1H3. The van der Waals surface area contributed by atoms with Crippen LogP contribution >= 0.6 is 23.3 Å². The highest BCUT2D eigenvalue weighted by atomic mass is 35.5. The number of hydrogen-bond acceptors (Lipinski definition) is 4. The average molecular weight is 310 g/mol. The second-order valence-corrected chi connectivity index (χ2v) is 6.64. The number of hydrogen-bond donors (Lipinski definition) is 1.